The number of ether oxygens (including phenoxy) is 1. The van der Waals surface area contributed by atoms with Crippen LogP contribution >= 0.6 is 0 Å². The van der Waals surface area contributed by atoms with Crippen LogP contribution in [0.3, 0.4) is 0 Å². The number of carbonyl (C=O) groups is 1. The van der Waals surface area contributed by atoms with Crippen LogP contribution in [0.15, 0.2) is 65.8 Å². The van der Waals surface area contributed by atoms with Crippen LogP contribution in [-0.2, 0) is 21.3 Å². The lowest BCUT2D eigenvalue weighted by Crippen LogP contribution is -2.40. The third-order valence-corrected chi connectivity index (χ3v) is 7.94. The Morgan fingerprint density at radius 1 is 1.09 bits per heavy atom. The molecule has 1 aliphatic rings. The maximum atomic E-state index is 13.2. The normalized spacial score (nSPS) is 14.6. The molecule has 1 N–H and O–H groups in total. The number of benzene rings is 2. The third-order valence-electron chi connectivity index (χ3n) is 6.05. The van der Waals surface area contributed by atoms with Gasteiger partial charge in [-0.3, -0.25) is 9.48 Å². The van der Waals surface area contributed by atoms with E-state index in [-0.39, 0.29) is 10.8 Å². The van der Waals surface area contributed by atoms with E-state index >= 15 is 0 Å². The molecule has 1 fully saturated rings. The molecular weight excluding hydrogens is 466 g/mol. The van der Waals surface area contributed by atoms with Gasteiger partial charge in [0, 0.05) is 44.1 Å². The summed E-state index contributed by atoms with van der Waals surface area (Å²) in [7, 11) is -3.70. The van der Waals surface area contributed by atoms with Gasteiger partial charge in [0.25, 0.3) is 5.91 Å². The molecule has 10 heteroatoms. The second-order valence-electron chi connectivity index (χ2n) is 8.22. The average molecular weight is 498 g/mol. The Morgan fingerprint density at radius 3 is 2.43 bits per heavy atom. The summed E-state index contributed by atoms with van der Waals surface area (Å²) >= 11 is 0. The van der Waals surface area contributed by atoms with Crippen LogP contribution in [0.5, 0.6) is 0 Å². The average Bonchev–Trinajstić information content (AvgIpc) is 3.39. The Morgan fingerprint density at radius 2 is 1.80 bits per heavy atom. The van der Waals surface area contributed by atoms with Gasteiger partial charge in [-0.2, -0.15) is 9.40 Å². The molecule has 4 rings (SSSR count). The van der Waals surface area contributed by atoms with Crippen LogP contribution in [0.4, 0.5) is 11.4 Å². The summed E-state index contributed by atoms with van der Waals surface area (Å²) in [6, 6.07) is 14.1. The number of nitrogens with zero attached hydrogens (tertiary/aromatic N) is 4. The molecule has 0 unspecified atom stereocenters. The summed E-state index contributed by atoms with van der Waals surface area (Å²) in [6.07, 6.45) is 3.61. The summed E-state index contributed by atoms with van der Waals surface area (Å²) in [4.78, 5) is 15.4. The number of anilines is 2. The highest BCUT2D eigenvalue weighted by molar-refractivity contribution is 7.89. The summed E-state index contributed by atoms with van der Waals surface area (Å²) in [6.45, 7) is 7.46. The maximum Gasteiger partial charge on any atom is 0.255 e. The Bertz CT molecular complexity index is 1230. The van der Waals surface area contributed by atoms with Crippen molar-refractivity contribution in [3.05, 3.63) is 72.1 Å². The highest BCUT2D eigenvalue weighted by Crippen LogP contribution is 2.31. The molecule has 1 saturated heterocycles. The lowest BCUT2D eigenvalue weighted by atomic mass is 10.1. The largest absolute Gasteiger partial charge is 0.379 e. The van der Waals surface area contributed by atoms with Crippen LogP contribution in [0.1, 0.15) is 29.8 Å². The van der Waals surface area contributed by atoms with Crippen LogP contribution in [-0.4, -0.2) is 67.8 Å². The van der Waals surface area contributed by atoms with Crippen molar-refractivity contribution in [2.75, 3.05) is 49.6 Å². The first kappa shape index (κ1) is 24.9. The first-order valence-electron chi connectivity index (χ1n) is 11.8. The van der Waals surface area contributed by atoms with Gasteiger partial charge in [-0.15, -0.1) is 0 Å². The topological polar surface area (TPSA) is 96.8 Å². The standard InChI is InChI=1S/C25H31N5O4S/c1-3-28(4-2)24-11-10-22(35(32,33)30-14-16-34-17-15-30)18-23(24)27-25(31)21-8-6-20(7-9-21)19-29-13-5-12-26-29/h5-13,18H,3-4,14-17,19H2,1-2H3,(H,27,31). The van der Waals surface area contributed by atoms with Crippen molar-refractivity contribution in [2.24, 2.45) is 0 Å². The number of rotatable bonds is 9. The van der Waals surface area contributed by atoms with Gasteiger partial charge in [-0.25, -0.2) is 8.42 Å². The lowest BCUT2D eigenvalue weighted by molar-refractivity contribution is 0.0730. The smallest absolute Gasteiger partial charge is 0.255 e. The highest BCUT2D eigenvalue weighted by Gasteiger charge is 2.27. The van der Waals surface area contributed by atoms with Gasteiger partial charge in [0.15, 0.2) is 0 Å². The van der Waals surface area contributed by atoms with Gasteiger partial charge in [-0.1, -0.05) is 12.1 Å². The summed E-state index contributed by atoms with van der Waals surface area (Å²) in [5.41, 5.74) is 2.75. The molecule has 9 nitrogen and oxygen atoms in total. The number of nitrogens with one attached hydrogen (secondary N) is 1. The zero-order valence-corrected chi connectivity index (χ0v) is 20.9. The molecule has 0 bridgehead atoms. The van der Waals surface area contributed by atoms with Gasteiger partial charge >= 0.3 is 0 Å². The summed E-state index contributed by atoms with van der Waals surface area (Å²) in [5.74, 6) is -0.301. The van der Waals surface area contributed by atoms with E-state index in [1.165, 1.54) is 4.31 Å². The molecule has 1 amide bonds. The molecule has 0 radical (unpaired) electrons. The van der Waals surface area contributed by atoms with Gasteiger partial charge in [0.2, 0.25) is 10.0 Å². The van der Waals surface area contributed by atoms with E-state index in [0.717, 1.165) is 24.3 Å². The predicted molar refractivity (Wildman–Crippen MR) is 135 cm³/mol. The summed E-state index contributed by atoms with van der Waals surface area (Å²) in [5, 5.41) is 7.15. The van der Waals surface area contributed by atoms with Crippen molar-refractivity contribution in [3.8, 4) is 0 Å². The van der Waals surface area contributed by atoms with E-state index < -0.39 is 10.0 Å². The van der Waals surface area contributed by atoms with Crippen molar-refractivity contribution in [1.82, 2.24) is 14.1 Å². The number of aromatic nitrogens is 2. The van der Waals surface area contributed by atoms with Crippen LogP contribution in [0.2, 0.25) is 0 Å². The van der Waals surface area contributed by atoms with Crippen molar-refractivity contribution in [3.63, 3.8) is 0 Å². The van der Waals surface area contributed by atoms with E-state index in [2.05, 4.69) is 15.3 Å². The fraction of sp³-hybridized carbons (Fsp3) is 0.360. The minimum atomic E-state index is -3.70. The first-order valence-corrected chi connectivity index (χ1v) is 13.2. The molecule has 35 heavy (non-hydrogen) atoms. The Kier molecular flexibility index (Phi) is 7.84. The molecule has 0 spiro atoms. The molecule has 3 aromatic rings. The van der Waals surface area contributed by atoms with Crippen LogP contribution < -0.4 is 10.2 Å². The van der Waals surface area contributed by atoms with Crippen LogP contribution in [0, 0.1) is 0 Å². The van der Waals surface area contributed by atoms with Crippen molar-refractivity contribution < 1.29 is 17.9 Å². The highest BCUT2D eigenvalue weighted by atomic mass is 32.2. The quantitative estimate of drug-likeness (QED) is 0.488. The molecule has 1 aromatic heterocycles. The van der Waals surface area contributed by atoms with E-state index in [0.29, 0.717) is 44.1 Å². The van der Waals surface area contributed by atoms with Crippen molar-refractivity contribution in [1.29, 1.82) is 0 Å². The molecule has 2 heterocycles. The Hall–Kier alpha value is -3.21. The Labute approximate surface area is 206 Å². The Balaban J connectivity index is 1.59. The molecular formula is C25H31N5O4S. The fourth-order valence-corrected chi connectivity index (χ4v) is 5.52. The first-order chi connectivity index (χ1) is 16.9. The van der Waals surface area contributed by atoms with E-state index in [1.54, 1.807) is 36.5 Å². The number of sulfonamides is 1. The fourth-order valence-electron chi connectivity index (χ4n) is 4.09. The monoisotopic (exact) mass is 497 g/mol. The molecule has 0 atom stereocenters. The molecule has 1 aliphatic heterocycles. The van der Waals surface area contributed by atoms with Gasteiger partial charge in [0.05, 0.1) is 36.0 Å². The zero-order valence-electron chi connectivity index (χ0n) is 20.1. The van der Waals surface area contributed by atoms with E-state index in [9.17, 15) is 13.2 Å². The number of hydrogen-bond donors (Lipinski definition) is 1. The molecule has 186 valence electrons. The SMILES string of the molecule is CCN(CC)c1ccc(S(=O)(=O)N2CCOCC2)cc1NC(=O)c1ccc(Cn2cccn2)cc1. The molecule has 2 aromatic carbocycles. The number of hydrogen-bond acceptors (Lipinski definition) is 6. The second-order valence-corrected chi connectivity index (χ2v) is 10.2. The maximum absolute atomic E-state index is 13.2. The zero-order chi connectivity index (χ0) is 24.8. The minimum absolute atomic E-state index is 0.153. The third kappa shape index (κ3) is 5.72. The number of morpholine rings is 1. The lowest BCUT2D eigenvalue weighted by Gasteiger charge is -2.28. The molecule has 0 aliphatic carbocycles. The van der Waals surface area contributed by atoms with Crippen LogP contribution in [0.25, 0.3) is 0 Å². The van der Waals surface area contributed by atoms with Gasteiger partial charge in [-0.05, 0) is 55.8 Å². The molecule has 0 saturated carbocycles. The summed E-state index contributed by atoms with van der Waals surface area (Å²) < 4.78 is 35.0. The number of amides is 1. The minimum Gasteiger partial charge on any atom is -0.379 e. The predicted octanol–water partition coefficient (Wildman–Crippen LogP) is 3.05. The van der Waals surface area contributed by atoms with Crippen molar-refractivity contribution in [2.45, 2.75) is 25.3 Å². The second kappa shape index (κ2) is 11.0. The van der Waals surface area contributed by atoms with E-state index in [4.69, 9.17) is 4.74 Å². The van der Waals surface area contributed by atoms with Gasteiger partial charge < -0.3 is 15.0 Å². The van der Waals surface area contributed by atoms with Gasteiger partial charge in [0.1, 0.15) is 0 Å². The van der Waals surface area contributed by atoms with Crippen molar-refractivity contribution >= 4 is 27.3 Å². The number of carbonyl (C=O) groups excluding carboxylic acids is 1. The van der Waals surface area contributed by atoms with E-state index in [1.807, 2.05) is 42.9 Å².